The molecule has 0 unspecified atom stereocenters. The van der Waals surface area contributed by atoms with Crippen molar-refractivity contribution in [3.8, 4) is 5.75 Å². The summed E-state index contributed by atoms with van der Waals surface area (Å²) in [5, 5.41) is 9.49. The number of phenolic OH excluding ortho intramolecular Hbond substituents is 1. The van der Waals surface area contributed by atoms with Crippen LogP contribution in [-0.2, 0) is 0 Å². The minimum Gasteiger partial charge on any atom is -0.508 e. The van der Waals surface area contributed by atoms with E-state index in [-0.39, 0.29) is 16.8 Å². The Hall–Kier alpha value is -1.84. The van der Waals surface area contributed by atoms with Gasteiger partial charge in [0, 0.05) is 22.5 Å². The van der Waals surface area contributed by atoms with Crippen molar-refractivity contribution >= 4 is 16.5 Å². The molecule has 0 aliphatic carbocycles. The van der Waals surface area contributed by atoms with Crippen LogP contribution in [0.2, 0.25) is 0 Å². The van der Waals surface area contributed by atoms with Crippen molar-refractivity contribution in [1.29, 1.82) is 0 Å². The third-order valence-electron chi connectivity index (χ3n) is 2.04. The number of fused-ring (bicyclic) bond motifs is 1. The zero-order valence-corrected chi connectivity index (χ0v) is 7.09. The summed E-state index contributed by atoms with van der Waals surface area (Å²) in [5.41, 5.74) is 5.64. The Morgan fingerprint density at radius 3 is 2.50 bits per heavy atom. The molecule has 0 spiro atoms. The Bertz CT molecular complexity index is 511. The van der Waals surface area contributed by atoms with Gasteiger partial charge in [-0.25, -0.2) is 8.78 Å². The van der Waals surface area contributed by atoms with E-state index >= 15 is 0 Å². The highest BCUT2D eigenvalue weighted by atomic mass is 19.2. The highest BCUT2D eigenvalue weighted by Crippen LogP contribution is 2.28. The summed E-state index contributed by atoms with van der Waals surface area (Å²) in [6.07, 6.45) is 0. The van der Waals surface area contributed by atoms with Crippen LogP contribution in [0.1, 0.15) is 0 Å². The topological polar surface area (TPSA) is 46.2 Å². The number of phenols is 1. The van der Waals surface area contributed by atoms with Gasteiger partial charge in [0.25, 0.3) is 0 Å². The molecule has 2 aromatic carbocycles. The van der Waals surface area contributed by atoms with Gasteiger partial charge in [-0.3, -0.25) is 0 Å². The van der Waals surface area contributed by atoms with E-state index in [0.29, 0.717) is 5.39 Å². The lowest BCUT2D eigenvalue weighted by molar-refractivity contribution is 0.475. The second-order valence-corrected chi connectivity index (χ2v) is 2.99. The smallest absolute Gasteiger partial charge is 0.166 e. The van der Waals surface area contributed by atoms with E-state index in [2.05, 4.69) is 0 Å². The minimum atomic E-state index is -1.01. The third kappa shape index (κ3) is 1.16. The van der Waals surface area contributed by atoms with Gasteiger partial charge in [0.15, 0.2) is 11.6 Å². The Morgan fingerprint density at radius 1 is 1.07 bits per heavy atom. The Labute approximate surface area is 78.6 Å². The number of aromatic hydroxyl groups is 1. The summed E-state index contributed by atoms with van der Waals surface area (Å²) < 4.78 is 26.1. The van der Waals surface area contributed by atoms with Gasteiger partial charge in [-0.05, 0) is 18.2 Å². The van der Waals surface area contributed by atoms with Gasteiger partial charge < -0.3 is 10.8 Å². The van der Waals surface area contributed by atoms with E-state index in [9.17, 15) is 8.78 Å². The number of benzene rings is 2. The van der Waals surface area contributed by atoms with Crippen LogP contribution in [0, 0.1) is 11.6 Å². The van der Waals surface area contributed by atoms with Crippen LogP contribution in [0.25, 0.3) is 10.8 Å². The Balaban J connectivity index is 2.95. The van der Waals surface area contributed by atoms with E-state index < -0.39 is 11.6 Å². The van der Waals surface area contributed by atoms with Crippen LogP contribution >= 0.6 is 0 Å². The molecule has 0 radical (unpaired) electrons. The molecule has 0 amide bonds. The number of nitrogen functional groups attached to an aromatic ring is 1. The van der Waals surface area contributed by atoms with Gasteiger partial charge in [-0.2, -0.15) is 0 Å². The normalized spacial score (nSPS) is 10.7. The van der Waals surface area contributed by atoms with Gasteiger partial charge in [-0.15, -0.1) is 0 Å². The zero-order chi connectivity index (χ0) is 10.3. The maximum atomic E-state index is 13.2. The second-order valence-electron chi connectivity index (χ2n) is 2.99. The largest absolute Gasteiger partial charge is 0.508 e. The molecule has 0 aliphatic heterocycles. The summed E-state index contributed by atoms with van der Waals surface area (Å²) in [6, 6.07) is 4.89. The fourth-order valence-corrected chi connectivity index (χ4v) is 1.37. The summed E-state index contributed by atoms with van der Waals surface area (Å²) in [7, 11) is 0. The highest BCUT2D eigenvalue weighted by molar-refractivity contribution is 5.94. The molecule has 3 N–H and O–H groups in total. The van der Waals surface area contributed by atoms with Crippen LogP contribution in [-0.4, -0.2) is 5.11 Å². The van der Waals surface area contributed by atoms with Crippen LogP contribution in [0.15, 0.2) is 24.3 Å². The predicted octanol–water partition coefficient (Wildman–Crippen LogP) is 2.41. The standard InChI is InChI=1S/C10H7F2NO/c11-8-4-9(13)6-2-1-5(14)3-7(6)10(8)12/h1-4,14H,13H2. The third-order valence-corrected chi connectivity index (χ3v) is 2.04. The minimum absolute atomic E-state index is 0.0116. The second kappa shape index (κ2) is 2.83. The average Bonchev–Trinajstić information content (AvgIpc) is 2.14. The number of halogens is 2. The maximum absolute atomic E-state index is 13.2. The molecule has 0 saturated carbocycles. The summed E-state index contributed by atoms with van der Waals surface area (Å²) in [5.74, 6) is -2.13. The van der Waals surface area contributed by atoms with Crippen molar-refractivity contribution in [1.82, 2.24) is 0 Å². The number of anilines is 1. The number of nitrogens with two attached hydrogens (primary N) is 1. The zero-order valence-electron chi connectivity index (χ0n) is 7.09. The van der Waals surface area contributed by atoms with Crippen molar-refractivity contribution in [2.45, 2.75) is 0 Å². The van der Waals surface area contributed by atoms with Gasteiger partial charge >= 0.3 is 0 Å². The van der Waals surface area contributed by atoms with Crippen molar-refractivity contribution in [2.75, 3.05) is 5.73 Å². The van der Waals surface area contributed by atoms with E-state index in [0.717, 1.165) is 12.1 Å². The van der Waals surface area contributed by atoms with Gasteiger partial charge in [0.1, 0.15) is 5.75 Å². The molecule has 0 atom stereocenters. The number of rotatable bonds is 0. The monoisotopic (exact) mass is 195 g/mol. The molecule has 72 valence electrons. The maximum Gasteiger partial charge on any atom is 0.166 e. The Morgan fingerprint density at radius 2 is 1.79 bits per heavy atom. The highest BCUT2D eigenvalue weighted by Gasteiger charge is 2.10. The molecule has 0 fully saturated rings. The molecule has 4 heteroatoms. The van der Waals surface area contributed by atoms with Crippen LogP contribution < -0.4 is 5.73 Å². The van der Waals surface area contributed by atoms with Gasteiger partial charge in [0.05, 0.1) is 0 Å². The van der Waals surface area contributed by atoms with Gasteiger partial charge in [0.2, 0.25) is 0 Å². The molecule has 0 bridgehead atoms. The van der Waals surface area contributed by atoms with Crippen molar-refractivity contribution in [3.63, 3.8) is 0 Å². The van der Waals surface area contributed by atoms with Gasteiger partial charge in [-0.1, -0.05) is 0 Å². The summed E-state index contributed by atoms with van der Waals surface area (Å²) in [6.45, 7) is 0. The first-order valence-electron chi connectivity index (χ1n) is 3.96. The molecule has 2 rings (SSSR count). The van der Waals surface area contributed by atoms with E-state index in [4.69, 9.17) is 10.8 Å². The molecule has 0 aromatic heterocycles. The SMILES string of the molecule is Nc1cc(F)c(F)c2cc(O)ccc12. The first-order chi connectivity index (χ1) is 6.59. The Kier molecular flexibility index (Phi) is 1.77. The molecule has 0 saturated heterocycles. The average molecular weight is 195 g/mol. The fraction of sp³-hybridized carbons (Fsp3) is 0. The fourth-order valence-electron chi connectivity index (χ4n) is 1.37. The van der Waals surface area contributed by atoms with Crippen LogP contribution in [0.5, 0.6) is 5.75 Å². The lowest BCUT2D eigenvalue weighted by atomic mass is 10.1. The molecule has 2 aromatic rings. The first kappa shape index (κ1) is 8.74. The summed E-state index contributed by atoms with van der Waals surface area (Å²) in [4.78, 5) is 0. The van der Waals surface area contributed by atoms with Crippen LogP contribution in [0.4, 0.5) is 14.5 Å². The first-order valence-corrected chi connectivity index (χ1v) is 3.96. The van der Waals surface area contributed by atoms with Crippen molar-refractivity contribution in [2.24, 2.45) is 0 Å². The van der Waals surface area contributed by atoms with Crippen molar-refractivity contribution in [3.05, 3.63) is 35.9 Å². The molecule has 14 heavy (non-hydrogen) atoms. The van der Waals surface area contributed by atoms with Crippen LogP contribution in [0.3, 0.4) is 0 Å². The molecule has 2 nitrogen and oxygen atoms in total. The number of hydrogen-bond donors (Lipinski definition) is 2. The van der Waals surface area contributed by atoms with E-state index in [1.165, 1.54) is 12.1 Å². The lowest BCUT2D eigenvalue weighted by Gasteiger charge is -2.04. The predicted molar refractivity (Wildman–Crippen MR) is 49.9 cm³/mol. The molecule has 0 heterocycles. The number of hydrogen-bond acceptors (Lipinski definition) is 2. The molecular weight excluding hydrogens is 188 g/mol. The van der Waals surface area contributed by atoms with E-state index in [1.54, 1.807) is 0 Å². The van der Waals surface area contributed by atoms with E-state index in [1.807, 2.05) is 0 Å². The lowest BCUT2D eigenvalue weighted by Crippen LogP contribution is -1.93. The summed E-state index contributed by atoms with van der Waals surface area (Å²) >= 11 is 0. The molecular formula is C10H7F2NO. The molecule has 0 aliphatic rings. The van der Waals surface area contributed by atoms with Crippen molar-refractivity contribution < 1.29 is 13.9 Å². The quantitative estimate of drug-likeness (QED) is 0.634.